The first-order valence-electron chi connectivity index (χ1n) is 5.34. The second-order valence-corrected chi connectivity index (χ2v) is 6.77. The molecule has 1 atom stereocenters. The van der Waals surface area contributed by atoms with Gasteiger partial charge in [0, 0.05) is 6.21 Å². The molecule has 0 aliphatic carbocycles. The lowest BCUT2D eigenvalue weighted by Crippen LogP contribution is -2.19. The highest BCUT2D eigenvalue weighted by atomic mass is 32.2. The molecule has 0 radical (unpaired) electrons. The first kappa shape index (κ1) is 15.8. The van der Waals surface area contributed by atoms with Crippen molar-refractivity contribution in [1.82, 2.24) is 0 Å². The first-order chi connectivity index (χ1) is 8.51. The molecule has 19 heavy (non-hydrogen) atoms. The van der Waals surface area contributed by atoms with Gasteiger partial charge in [0.05, 0.1) is 10.3 Å². The Bertz CT molecular complexity index is 517. The SMILES string of the molecule is CC(C)(C)S(=O)N=Cc1ccc(C(F)(F)F)c(F)c1. The predicted molar refractivity (Wildman–Crippen MR) is 66.9 cm³/mol. The molecular weight excluding hydrogens is 282 g/mol. The maximum Gasteiger partial charge on any atom is 0.419 e. The summed E-state index contributed by atoms with van der Waals surface area (Å²) in [7, 11) is -1.54. The number of halogens is 4. The second-order valence-electron chi connectivity index (χ2n) is 4.83. The zero-order chi connectivity index (χ0) is 14.8. The summed E-state index contributed by atoms with van der Waals surface area (Å²) in [5, 5.41) is 0. The van der Waals surface area contributed by atoms with Crippen molar-refractivity contribution < 1.29 is 21.8 Å². The van der Waals surface area contributed by atoms with Crippen LogP contribution in [0.25, 0.3) is 0 Å². The maximum atomic E-state index is 13.2. The van der Waals surface area contributed by atoms with E-state index in [4.69, 9.17) is 0 Å². The van der Waals surface area contributed by atoms with Gasteiger partial charge in [-0.15, -0.1) is 0 Å². The van der Waals surface area contributed by atoms with Crippen LogP contribution in [0.15, 0.2) is 22.6 Å². The minimum absolute atomic E-state index is 0.128. The Labute approximate surface area is 111 Å². The number of rotatable bonds is 2. The van der Waals surface area contributed by atoms with E-state index in [-0.39, 0.29) is 5.56 Å². The highest BCUT2D eigenvalue weighted by Crippen LogP contribution is 2.31. The Balaban J connectivity index is 2.98. The molecule has 2 nitrogen and oxygen atoms in total. The topological polar surface area (TPSA) is 29.4 Å². The van der Waals surface area contributed by atoms with Crippen LogP contribution in [0.1, 0.15) is 31.9 Å². The number of nitrogens with zero attached hydrogens (tertiary/aromatic N) is 1. The largest absolute Gasteiger partial charge is 0.419 e. The van der Waals surface area contributed by atoms with E-state index >= 15 is 0 Å². The molecular formula is C12H13F4NOS. The van der Waals surface area contributed by atoms with Crippen molar-refractivity contribution in [3.05, 3.63) is 35.1 Å². The lowest BCUT2D eigenvalue weighted by atomic mass is 10.1. The predicted octanol–water partition coefficient (Wildman–Crippen LogP) is 3.73. The van der Waals surface area contributed by atoms with Gasteiger partial charge in [-0.1, -0.05) is 6.07 Å². The Hall–Kier alpha value is -1.24. The molecule has 1 unspecified atom stereocenters. The van der Waals surface area contributed by atoms with Crippen molar-refractivity contribution >= 4 is 17.2 Å². The standard InChI is InChI=1S/C12H13F4NOS/c1-11(2,3)19(18)17-7-8-4-5-9(10(13)6-8)12(14,15)16/h4-7H,1-3H3. The average molecular weight is 295 g/mol. The third-order valence-corrected chi connectivity index (χ3v) is 3.46. The van der Waals surface area contributed by atoms with Crippen molar-refractivity contribution in [2.75, 3.05) is 0 Å². The van der Waals surface area contributed by atoms with Crippen molar-refractivity contribution in [3.63, 3.8) is 0 Å². The first-order valence-corrected chi connectivity index (χ1v) is 6.45. The van der Waals surface area contributed by atoms with E-state index in [2.05, 4.69) is 4.40 Å². The quantitative estimate of drug-likeness (QED) is 0.604. The Morgan fingerprint density at radius 3 is 2.21 bits per heavy atom. The van der Waals surface area contributed by atoms with Gasteiger partial charge in [0.1, 0.15) is 16.8 Å². The van der Waals surface area contributed by atoms with Gasteiger partial charge in [0.25, 0.3) is 0 Å². The highest BCUT2D eigenvalue weighted by Gasteiger charge is 2.33. The van der Waals surface area contributed by atoms with E-state index in [1.54, 1.807) is 20.8 Å². The van der Waals surface area contributed by atoms with Crippen LogP contribution in [-0.4, -0.2) is 15.2 Å². The fourth-order valence-electron chi connectivity index (χ4n) is 1.11. The number of alkyl halides is 3. The van der Waals surface area contributed by atoms with Gasteiger partial charge in [0.2, 0.25) is 0 Å². The van der Waals surface area contributed by atoms with Crippen LogP contribution in [0.5, 0.6) is 0 Å². The van der Waals surface area contributed by atoms with Crippen molar-refractivity contribution in [2.24, 2.45) is 4.40 Å². The molecule has 1 aromatic rings. The summed E-state index contributed by atoms with van der Waals surface area (Å²) in [4.78, 5) is 0. The smallest absolute Gasteiger partial charge is 0.234 e. The number of benzene rings is 1. The monoisotopic (exact) mass is 295 g/mol. The van der Waals surface area contributed by atoms with Crippen LogP contribution < -0.4 is 0 Å². The van der Waals surface area contributed by atoms with Crippen LogP contribution in [0.3, 0.4) is 0 Å². The molecule has 0 spiro atoms. The third kappa shape index (κ3) is 4.41. The minimum atomic E-state index is -4.73. The molecule has 0 amide bonds. The summed E-state index contributed by atoms with van der Waals surface area (Å²) in [5.41, 5.74) is -1.20. The maximum absolute atomic E-state index is 13.2. The van der Waals surface area contributed by atoms with E-state index in [0.29, 0.717) is 12.1 Å². The molecule has 0 heterocycles. The number of hydrogen-bond acceptors (Lipinski definition) is 1. The molecule has 7 heteroatoms. The summed E-state index contributed by atoms with van der Waals surface area (Å²) < 4.78 is 64.9. The summed E-state index contributed by atoms with van der Waals surface area (Å²) >= 11 is 0. The minimum Gasteiger partial charge on any atom is -0.234 e. The summed E-state index contributed by atoms with van der Waals surface area (Å²) in [6.45, 7) is 5.11. The van der Waals surface area contributed by atoms with E-state index in [1.807, 2.05) is 0 Å². The van der Waals surface area contributed by atoms with Crippen molar-refractivity contribution in [2.45, 2.75) is 31.7 Å². The van der Waals surface area contributed by atoms with Gasteiger partial charge in [-0.2, -0.15) is 17.6 Å². The fourth-order valence-corrected chi connectivity index (χ4v) is 1.64. The number of hydrogen-bond donors (Lipinski definition) is 0. The Kier molecular flexibility index (Phi) is 4.50. The molecule has 0 saturated carbocycles. The molecule has 0 saturated heterocycles. The Morgan fingerprint density at radius 1 is 1.21 bits per heavy atom. The van der Waals surface area contributed by atoms with Crippen LogP contribution in [0.2, 0.25) is 0 Å². The van der Waals surface area contributed by atoms with Crippen molar-refractivity contribution in [3.8, 4) is 0 Å². The lowest BCUT2D eigenvalue weighted by Gasteiger charge is -2.12. The van der Waals surface area contributed by atoms with Crippen molar-refractivity contribution in [1.29, 1.82) is 0 Å². The average Bonchev–Trinajstić information content (AvgIpc) is 2.22. The van der Waals surface area contributed by atoms with Crippen LogP contribution in [0.4, 0.5) is 17.6 Å². The van der Waals surface area contributed by atoms with Gasteiger partial charge in [-0.3, -0.25) is 0 Å². The third-order valence-electron chi connectivity index (χ3n) is 2.12. The van der Waals surface area contributed by atoms with E-state index in [9.17, 15) is 21.8 Å². The van der Waals surface area contributed by atoms with Gasteiger partial charge in [-0.05, 0) is 38.5 Å². The lowest BCUT2D eigenvalue weighted by molar-refractivity contribution is -0.140. The van der Waals surface area contributed by atoms with Gasteiger partial charge in [-0.25, -0.2) is 8.60 Å². The molecule has 0 fully saturated rings. The zero-order valence-electron chi connectivity index (χ0n) is 10.6. The normalized spacial score (nSPS) is 14.9. The van der Waals surface area contributed by atoms with E-state index in [1.165, 1.54) is 0 Å². The van der Waals surface area contributed by atoms with Crippen LogP contribution >= 0.6 is 0 Å². The second kappa shape index (κ2) is 5.40. The summed E-state index contributed by atoms with van der Waals surface area (Å²) in [6, 6.07) is 2.43. The molecule has 0 N–H and O–H groups in total. The van der Waals surface area contributed by atoms with Crippen LogP contribution in [-0.2, 0) is 17.2 Å². The van der Waals surface area contributed by atoms with E-state index < -0.39 is 33.3 Å². The summed E-state index contributed by atoms with van der Waals surface area (Å²) in [6.07, 6.45) is -3.63. The van der Waals surface area contributed by atoms with E-state index in [0.717, 1.165) is 12.3 Å². The molecule has 0 aliphatic rings. The molecule has 1 aromatic carbocycles. The zero-order valence-corrected chi connectivity index (χ0v) is 11.4. The molecule has 0 aromatic heterocycles. The Morgan fingerprint density at radius 2 is 1.79 bits per heavy atom. The highest BCUT2D eigenvalue weighted by molar-refractivity contribution is 7.85. The van der Waals surface area contributed by atoms with Gasteiger partial charge < -0.3 is 0 Å². The fraction of sp³-hybridized carbons (Fsp3) is 0.417. The van der Waals surface area contributed by atoms with Crippen LogP contribution in [0, 0.1) is 5.82 Å². The summed E-state index contributed by atoms with van der Waals surface area (Å²) in [5.74, 6) is -1.38. The van der Waals surface area contributed by atoms with Gasteiger partial charge >= 0.3 is 6.18 Å². The molecule has 1 rings (SSSR count). The van der Waals surface area contributed by atoms with Gasteiger partial charge in [0.15, 0.2) is 0 Å². The molecule has 106 valence electrons. The molecule has 0 aliphatic heterocycles. The molecule has 0 bridgehead atoms.